The lowest BCUT2D eigenvalue weighted by Gasteiger charge is -2.14. The number of aromatic nitrogens is 1. The van der Waals surface area contributed by atoms with E-state index < -0.39 is 0 Å². The molecule has 1 aliphatic heterocycles. The van der Waals surface area contributed by atoms with Gasteiger partial charge in [-0.05, 0) is 38.4 Å². The SMILES string of the molecule is Nc1cccc(OCCCN2CCCC2)n1. The summed E-state index contributed by atoms with van der Waals surface area (Å²) in [6.45, 7) is 4.34. The highest BCUT2D eigenvalue weighted by Crippen LogP contribution is 2.10. The molecule has 1 fully saturated rings. The molecule has 2 heterocycles. The van der Waals surface area contributed by atoms with E-state index in [-0.39, 0.29) is 0 Å². The highest BCUT2D eigenvalue weighted by atomic mass is 16.5. The smallest absolute Gasteiger partial charge is 0.215 e. The van der Waals surface area contributed by atoms with Gasteiger partial charge in [0, 0.05) is 12.6 Å². The maximum atomic E-state index is 5.56. The Labute approximate surface area is 96.4 Å². The van der Waals surface area contributed by atoms with Crippen molar-refractivity contribution in [1.29, 1.82) is 0 Å². The molecule has 4 heteroatoms. The molecule has 0 unspecified atom stereocenters. The van der Waals surface area contributed by atoms with Crippen LogP contribution in [0.15, 0.2) is 18.2 Å². The fraction of sp³-hybridized carbons (Fsp3) is 0.583. The molecule has 2 rings (SSSR count). The first-order valence-electron chi connectivity index (χ1n) is 5.92. The molecule has 0 saturated carbocycles. The molecule has 0 bridgehead atoms. The molecule has 0 atom stereocenters. The van der Waals surface area contributed by atoms with E-state index in [0.717, 1.165) is 13.0 Å². The summed E-state index contributed by atoms with van der Waals surface area (Å²) >= 11 is 0. The molecular weight excluding hydrogens is 202 g/mol. The van der Waals surface area contributed by atoms with Crippen LogP contribution in [0.2, 0.25) is 0 Å². The van der Waals surface area contributed by atoms with Gasteiger partial charge >= 0.3 is 0 Å². The van der Waals surface area contributed by atoms with E-state index in [4.69, 9.17) is 10.5 Å². The quantitative estimate of drug-likeness (QED) is 0.766. The van der Waals surface area contributed by atoms with Crippen molar-refractivity contribution in [2.45, 2.75) is 19.3 Å². The topological polar surface area (TPSA) is 51.4 Å². The van der Waals surface area contributed by atoms with Gasteiger partial charge in [-0.15, -0.1) is 0 Å². The summed E-state index contributed by atoms with van der Waals surface area (Å²) in [4.78, 5) is 6.57. The van der Waals surface area contributed by atoms with Crippen LogP contribution in [0, 0.1) is 0 Å². The highest BCUT2D eigenvalue weighted by Gasteiger charge is 2.10. The summed E-state index contributed by atoms with van der Waals surface area (Å²) in [7, 11) is 0. The van der Waals surface area contributed by atoms with Crippen LogP contribution in [-0.4, -0.2) is 36.1 Å². The van der Waals surface area contributed by atoms with Crippen molar-refractivity contribution in [3.05, 3.63) is 18.2 Å². The van der Waals surface area contributed by atoms with Crippen LogP contribution in [0.3, 0.4) is 0 Å². The van der Waals surface area contributed by atoms with Gasteiger partial charge in [0.25, 0.3) is 0 Å². The molecule has 4 nitrogen and oxygen atoms in total. The third-order valence-electron chi connectivity index (χ3n) is 2.81. The van der Waals surface area contributed by atoms with Gasteiger partial charge < -0.3 is 15.4 Å². The van der Waals surface area contributed by atoms with Gasteiger partial charge in [-0.2, -0.15) is 4.98 Å². The Morgan fingerprint density at radius 1 is 1.31 bits per heavy atom. The molecule has 1 aromatic heterocycles. The first kappa shape index (κ1) is 11.2. The number of hydrogen-bond donors (Lipinski definition) is 1. The number of nitrogen functional groups attached to an aromatic ring is 1. The summed E-state index contributed by atoms with van der Waals surface area (Å²) in [5, 5.41) is 0. The van der Waals surface area contributed by atoms with E-state index in [1.807, 2.05) is 12.1 Å². The molecule has 1 saturated heterocycles. The Balaban J connectivity index is 1.64. The van der Waals surface area contributed by atoms with Crippen LogP contribution < -0.4 is 10.5 Å². The van der Waals surface area contributed by atoms with Crippen molar-refractivity contribution >= 4 is 5.82 Å². The second-order valence-electron chi connectivity index (χ2n) is 4.15. The van der Waals surface area contributed by atoms with Crippen molar-refractivity contribution in [2.24, 2.45) is 0 Å². The minimum Gasteiger partial charge on any atom is -0.478 e. The zero-order chi connectivity index (χ0) is 11.2. The summed E-state index contributed by atoms with van der Waals surface area (Å²) in [5.41, 5.74) is 5.56. The Kier molecular flexibility index (Phi) is 3.99. The Hall–Kier alpha value is -1.29. The number of nitrogens with two attached hydrogens (primary N) is 1. The lowest BCUT2D eigenvalue weighted by molar-refractivity contribution is 0.257. The number of ether oxygens (including phenoxy) is 1. The van der Waals surface area contributed by atoms with Gasteiger partial charge in [0.1, 0.15) is 5.82 Å². The molecule has 88 valence electrons. The zero-order valence-electron chi connectivity index (χ0n) is 9.56. The van der Waals surface area contributed by atoms with Gasteiger partial charge in [-0.1, -0.05) is 6.07 Å². The summed E-state index contributed by atoms with van der Waals surface area (Å²) in [6.07, 6.45) is 3.74. The van der Waals surface area contributed by atoms with Crippen LogP contribution in [0.25, 0.3) is 0 Å². The van der Waals surface area contributed by atoms with Crippen molar-refractivity contribution in [1.82, 2.24) is 9.88 Å². The van der Waals surface area contributed by atoms with Crippen molar-refractivity contribution in [3.8, 4) is 5.88 Å². The van der Waals surface area contributed by atoms with Crippen molar-refractivity contribution in [2.75, 3.05) is 32.0 Å². The third kappa shape index (κ3) is 3.38. The van der Waals surface area contributed by atoms with Crippen LogP contribution in [0.5, 0.6) is 5.88 Å². The molecule has 2 N–H and O–H groups in total. The lowest BCUT2D eigenvalue weighted by atomic mass is 10.4. The maximum Gasteiger partial charge on any atom is 0.215 e. The Bertz CT molecular complexity index is 324. The number of rotatable bonds is 5. The van der Waals surface area contributed by atoms with Gasteiger partial charge in [0.2, 0.25) is 5.88 Å². The number of hydrogen-bond acceptors (Lipinski definition) is 4. The Morgan fingerprint density at radius 2 is 2.12 bits per heavy atom. The molecular formula is C12H19N3O. The van der Waals surface area contributed by atoms with Gasteiger partial charge in [-0.3, -0.25) is 0 Å². The van der Waals surface area contributed by atoms with Gasteiger partial charge in [0.15, 0.2) is 0 Å². The minimum absolute atomic E-state index is 0.511. The number of nitrogens with zero attached hydrogens (tertiary/aromatic N) is 2. The van der Waals surface area contributed by atoms with Crippen LogP contribution in [0.4, 0.5) is 5.82 Å². The standard InChI is InChI=1S/C12H19N3O/c13-11-5-3-6-12(14-11)16-10-4-9-15-7-1-2-8-15/h3,5-6H,1-2,4,7-10H2,(H2,13,14). The average molecular weight is 221 g/mol. The maximum absolute atomic E-state index is 5.56. The highest BCUT2D eigenvalue weighted by molar-refractivity contribution is 5.30. The molecule has 1 aromatic rings. The summed E-state index contributed by atoms with van der Waals surface area (Å²) in [5.74, 6) is 1.14. The molecule has 16 heavy (non-hydrogen) atoms. The van der Waals surface area contributed by atoms with Gasteiger partial charge in [0.05, 0.1) is 6.61 Å². The van der Waals surface area contributed by atoms with Crippen LogP contribution in [0.1, 0.15) is 19.3 Å². The van der Waals surface area contributed by atoms with E-state index >= 15 is 0 Å². The lowest BCUT2D eigenvalue weighted by Crippen LogP contribution is -2.22. The van der Waals surface area contributed by atoms with Crippen molar-refractivity contribution in [3.63, 3.8) is 0 Å². The molecule has 0 aromatic carbocycles. The van der Waals surface area contributed by atoms with E-state index in [2.05, 4.69) is 9.88 Å². The predicted molar refractivity (Wildman–Crippen MR) is 64.4 cm³/mol. The monoisotopic (exact) mass is 221 g/mol. The van der Waals surface area contributed by atoms with Crippen molar-refractivity contribution < 1.29 is 4.74 Å². The van der Waals surface area contributed by atoms with Gasteiger partial charge in [-0.25, -0.2) is 0 Å². The number of anilines is 1. The normalized spacial score (nSPS) is 16.5. The fourth-order valence-corrected chi connectivity index (χ4v) is 1.98. The zero-order valence-corrected chi connectivity index (χ0v) is 9.56. The third-order valence-corrected chi connectivity index (χ3v) is 2.81. The number of likely N-dealkylation sites (tertiary alicyclic amines) is 1. The van der Waals surface area contributed by atoms with Crippen LogP contribution in [-0.2, 0) is 0 Å². The molecule has 0 amide bonds. The first-order valence-corrected chi connectivity index (χ1v) is 5.92. The molecule has 0 spiro atoms. The van der Waals surface area contributed by atoms with E-state index in [9.17, 15) is 0 Å². The molecule has 0 aliphatic carbocycles. The van der Waals surface area contributed by atoms with E-state index in [1.165, 1.54) is 25.9 Å². The second kappa shape index (κ2) is 5.70. The van der Waals surface area contributed by atoms with Crippen LogP contribution >= 0.6 is 0 Å². The predicted octanol–water partition coefficient (Wildman–Crippen LogP) is 1.53. The molecule has 0 radical (unpaired) electrons. The summed E-state index contributed by atoms with van der Waals surface area (Å²) in [6, 6.07) is 5.46. The first-order chi connectivity index (χ1) is 7.84. The second-order valence-corrected chi connectivity index (χ2v) is 4.15. The summed E-state index contributed by atoms with van der Waals surface area (Å²) < 4.78 is 5.53. The van der Waals surface area contributed by atoms with E-state index in [0.29, 0.717) is 18.3 Å². The molecule has 1 aliphatic rings. The average Bonchev–Trinajstić information content (AvgIpc) is 2.77. The van der Waals surface area contributed by atoms with E-state index in [1.54, 1.807) is 6.07 Å². The largest absolute Gasteiger partial charge is 0.478 e. The number of pyridine rings is 1. The minimum atomic E-state index is 0.511. The Morgan fingerprint density at radius 3 is 2.88 bits per heavy atom. The fourth-order valence-electron chi connectivity index (χ4n) is 1.98.